The van der Waals surface area contributed by atoms with E-state index in [4.69, 9.17) is 17.3 Å². The SMILES string of the molecule is O=C(CCN1C(=O)C(=Cc2cc(-c3ccc(F)c(C(F)(F)F)c3)cs2)SC1=S)Nc1ccnc(C(=O)O)c1. The Kier molecular flexibility index (Phi) is 7.94. The number of alkyl halides is 3. The number of pyridine rings is 1. The van der Waals surface area contributed by atoms with Crippen LogP contribution in [0.25, 0.3) is 17.2 Å². The monoisotopic (exact) mass is 581 g/mol. The molecule has 2 aromatic heterocycles. The van der Waals surface area contributed by atoms with Gasteiger partial charge < -0.3 is 10.4 Å². The number of thioether (sulfide) groups is 1. The molecule has 3 heterocycles. The van der Waals surface area contributed by atoms with E-state index in [9.17, 15) is 31.9 Å². The first-order chi connectivity index (χ1) is 17.9. The molecule has 0 atom stereocenters. The lowest BCUT2D eigenvalue weighted by Crippen LogP contribution is -2.31. The van der Waals surface area contributed by atoms with Gasteiger partial charge in [0.15, 0.2) is 0 Å². The predicted octanol–water partition coefficient (Wildman–Crippen LogP) is 5.90. The van der Waals surface area contributed by atoms with Crippen molar-refractivity contribution in [3.63, 3.8) is 0 Å². The number of thiophene rings is 1. The second-order valence-corrected chi connectivity index (χ2v) is 10.4. The molecule has 0 bridgehead atoms. The van der Waals surface area contributed by atoms with E-state index >= 15 is 0 Å². The van der Waals surface area contributed by atoms with Crippen LogP contribution in [0.2, 0.25) is 0 Å². The summed E-state index contributed by atoms with van der Waals surface area (Å²) >= 11 is 7.47. The van der Waals surface area contributed by atoms with Gasteiger partial charge in [-0.25, -0.2) is 14.2 Å². The van der Waals surface area contributed by atoms with E-state index in [0.29, 0.717) is 10.4 Å². The summed E-state index contributed by atoms with van der Waals surface area (Å²) in [5.74, 6) is -3.50. The number of aromatic nitrogens is 1. The lowest BCUT2D eigenvalue weighted by atomic mass is 10.0. The standard InChI is InChI=1S/C24H15F4N3O4S3/c25-17-2-1-12(8-16(17)24(26,27)28)13-7-15(37-11-13)10-19-21(33)31(23(36)38-19)6-4-20(32)30-14-3-5-29-18(9-14)22(34)35/h1-3,5,7-11H,4,6H2,(H,34,35)(H,29,30,32). The number of halogens is 4. The van der Waals surface area contributed by atoms with Gasteiger partial charge in [-0.15, -0.1) is 11.3 Å². The van der Waals surface area contributed by atoms with Crippen LogP contribution in [0.4, 0.5) is 23.2 Å². The number of carboxylic acid groups (broad SMARTS) is 1. The van der Waals surface area contributed by atoms with Crippen molar-refractivity contribution in [2.24, 2.45) is 0 Å². The van der Waals surface area contributed by atoms with Crippen molar-refractivity contribution >= 4 is 69.2 Å². The molecule has 7 nitrogen and oxygen atoms in total. The van der Waals surface area contributed by atoms with Crippen molar-refractivity contribution in [1.29, 1.82) is 0 Å². The van der Waals surface area contributed by atoms with E-state index in [2.05, 4.69) is 10.3 Å². The third-order valence-electron chi connectivity index (χ3n) is 5.20. The maximum absolute atomic E-state index is 13.6. The van der Waals surface area contributed by atoms with Crippen LogP contribution in [0.1, 0.15) is 27.3 Å². The molecule has 14 heteroatoms. The number of hydrogen-bond donors (Lipinski definition) is 2. The summed E-state index contributed by atoms with van der Waals surface area (Å²) in [6.07, 6.45) is -2.15. The molecule has 196 valence electrons. The zero-order chi connectivity index (χ0) is 27.6. The highest BCUT2D eigenvalue weighted by molar-refractivity contribution is 8.26. The summed E-state index contributed by atoms with van der Waals surface area (Å²) in [5.41, 5.74) is -0.746. The van der Waals surface area contributed by atoms with Gasteiger partial charge in [0.2, 0.25) is 5.91 Å². The Morgan fingerprint density at radius 2 is 1.92 bits per heavy atom. The smallest absolute Gasteiger partial charge is 0.419 e. The van der Waals surface area contributed by atoms with Crippen LogP contribution in [0.15, 0.2) is 52.9 Å². The number of benzene rings is 1. The minimum absolute atomic E-state index is 0.0177. The summed E-state index contributed by atoms with van der Waals surface area (Å²) in [5, 5.41) is 13.1. The number of anilines is 1. The van der Waals surface area contributed by atoms with Gasteiger partial charge in [0.05, 0.1) is 10.5 Å². The lowest BCUT2D eigenvalue weighted by molar-refractivity contribution is -0.140. The van der Waals surface area contributed by atoms with E-state index in [1.54, 1.807) is 17.5 Å². The van der Waals surface area contributed by atoms with Gasteiger partial charge in [-0.2, -0.15) is 13.2 Å². The molecule has 1 aliphatic heterocycles. The number of amides is 2. The van der Waals surface area contributed by atoms with Crippen LogP contribution in [-0.2, 0) is 15.8 Å². The normalized spacial score (nSPS) is 14.8. The van der Waals surface area contributed by atoms with Crippen LogP contribution in [0, 0.1) is 5.82 Å². The highest BCUT2D eigenvalue weighted by Gasteiger charge is 2.34. The van der Waals surface area contributed by atoms with Crippen LogP contribution >= 0.6 is 35.3 Å². The molecule has 3 aromatic rings. The molecule has 0 aliphatic carbocycles. The number of carbonyl (C=O) groups excluding carboxylic acids is 2. The average Bonchev–Trinajstić information content (AvgIpc) is 3.41. The molecular weight excluding hydrogens is 566 g/mol. The minimum atomic E-state index is -4.83. The molecule has 1 fully saturated rings. The fourth-order valence-corrected chi connectivity index (χ4v) is 5.61. The van der Waals surface area contributed by atoms with Gasteiger partial charge in [0.25, 0.3) is 5.91 Å². The summed E-state index contributed by atoms with van der Waals surface area (Å²) in [7, 11) is 0. The van der Waals surface area contributed by atoms with Crippen molar-refractivity contribution < 1.29 is 37.1 Å². The third-order valence-corrected chi connectivity index (χ3v) is 7.45. The van der Waals surface area contributed by atoms with Crippen molar-refractivity contribution in [2.45, 2.75) is 12.6 Å². The van der Waals surface area contributed by atoms with Gasteiger partial charge in [0.1, 0.15) is 15.8 Å². The first kappa shape index (κ1) is 27.4. The number of rotatable bonds is 7. The maximum atomic E-state index is 13.6. The second-order valence-electron chi connectivity index (χ2n) is 7.80. The quantitative estimate of drug-likeness (QED) is 0.204. The zero-order valence-corrected chi connectivity index (χ0v) is 21.4. The van der Waals surface area contributed by atoms with E-state index in [-0.39, 0.29) is 39.1 Å². The Balaban J connectivity index is 1.41. The number of hydrogen-bond acceptors (Lipinski definition) is 7. The van der Waals surface area contributed by atoms with Gasteiger partial charge in [0, 0.05) is 29.7 Å². The molecule has 0 radical (unpaired) electrons. The highest BCUT2D eigenvalue weighted by Crippen LogP contribution is 2.37. The topological polar surface area (TPSA) is 99.6 Å². The van der Waals surface area contributed by atoms with Gasteiger partial charge in [-0.05, 0) is 52.9 Å². The number of thiocarbonyl (C=S) groups is 1. The molecule has 2 amide bonds. The Morgan fingerprint density at radius 3 is 2.63 bits per heavy atom. The highest BCUT2D eigenvalue weighted by atomic mass is 32.2. The van der Waals surface area contributed by atoms with Crippen molar-refractivity contribution in [1.82, 2.24) is 9.88 Å². The number of aromatic carboxylic acids is 1. The summed E-state index contributed by atoms with van der Waals surface area (Å²) in [6, 6.07) is 6.95. The van der Waals surface area contributed by atoms with E-state index in [1.165, 1.54) is 40.6 Å². The summed E-state index contributed by atoms with van der Waals surface area (Å²) < 4.78 is 53.0. The Bertz CT molecular complexity index is 1490. The minimum Gasteiger partial charge on any atom is -0.477 e. The second kappa shape index (κ2) is 11.0. The van der Waals surface area contributed by atoms with E-state index < -0.39 is 35.3 Å². The maximum Gasteiger partial charge on any atom is 0.419 e. The van der Waals surface area contributed by atoms with Gasteiger partial charge in [-0.1, -0.05) is 30.0 Å². The Hall–Kier alpha value is -3.62. The first-order valence-electron chi connectivity index (χ1n) is 10.6. The van der Waals surface area contributed by atoms with Crippen molar-refractivity contribution in [3.05, 3.63) is 74.8 Å². The van der Waals surface area contributed by atoms with Crippen molar-refractivity contribution in [2.75, 3.05) is 11.9 Å². The van der Waals surface area contributed by atoms with Crippen LogP contribution in [0.3, 0.4) is 0 Å². The zero-order valence-electron chi connectivity index (χ0n) is 18.9. The molecular formula is C24H15F4N3O4S3. The first-order valence-corrected chi connectivity index (χ1v) is 12.7. The fourth-order valence-electron chi connectivity index (χ4n) is 3.39. The number of nitrogens with one attached hydrogen (secondary N) is 1. The van der Waals surface area contributed by atoms with Gasteiger partial charge >= 0.3 is 12.1 Å². The fraction of sp³-hybridized carbons (Fsp3) is 0.125. The van der Waals surface area contributed by atoms with Crippen molar-refractivity contribution in [3.8, 4) is 11.1 Å². The predicted molar refractivity (Wildman–Crippen MR) is 139 cm³/mol. The molecule has 1 aliphatic rings. The molecule has 0 unspecified atom stereocenters. The molecule has 4 rings (SSSR count). The average molecular weight is 582 g/mol. The number of carboxylic acids is 1. The molecule has 1 saturated heterocycles. The largest absolute Gasteiger partial charge is 0.477 e. The molecule has 1 aromatic carbocycles. The van der Waals surface area contributed by atoms with Crippen LogP contribution in [0.5, 0.6) is 0 Å². The molecule has 0 saturated carbocycles. The van der Waals surface area contributed by atoms with E-state index in [1.807, 2.05) is 0 Å². The number of carbonyl (C=O) groups is 3. The summed E-state index contributed by atoms with van der Waals surface area (Å²) in [6.45, 7) is -0.0177. The van der Waals surface area contributed by atoms with Crippen LogP contribution in [-0.4, -0.2) is 43.6 Å². The molecule has 38 heavy (non-hydrogen) atoms. The molecule has 0 spiro atoms. The Labute approximate surface area is 226 Å². The number of nitrogens with zero attached hydrogens (tertiary/aromatic N) is 2. The van der Waals surface area contributed by atoms with E-state index in [0.717, 1.165) is 23.9 Å². The van der Waals surface area contributed by atoms with Crippen LogP contribution < -0.4 is 5.32 Å². The lowest BCUT2D eigenvalue weighted by Gasteiger charge is -2.14. The molecule has 2 N–H and O–H groups in total. The Morgan fingerprint density at radius 1 is 1.16 bits per heavy atom. The third kappa shape index (κ3) is 6.26. The summed E-state index contributed by atoms with van der Waals surface area (Å²) in [4.78, 5) is 41.9. The van der Waals surface area contributed by atoms with Gasteiger partial charge in [-0.3, -0.25) is 14.5 Å².